The van der Waals surface area contributed by atoms with Gasteiger partial charge in [0.15, 0.2) is 0 Å². The predicted molar refractivity (Wildman–Crippen MR) is 72.6 cm³/mol. The van der Waals surface area contributed by atoms with E-state index in [0.717, 1.165) is 5.56 Å². The number of nitrogens with one attached hydrogen (secondary N) is 2. The van der Waals surface area contributed by atoms with Crippen molar-refractivity contribution in [3.63, 3.8) is 0 Å². The van der Waals surface area contributed by atoms with E-state index in [-0.39, 0.29) is 24.3 Å². The van der Waals surface area contributed by atoms with E-state index in [2.05, 4.69) is 10.6 Å². The molecule has 0 saturated carbocycles. The van der Waals surface area contributed by atoms with Crippen LogP contribution in [0, 0.1) is 18.3 Å². The number of anilines is 1. The Morgan fingerprint density at radius 2 is 2.05 bits per heavy atom. The van der Waals surface area contributed by atoms with Crippen molar-refractivity contribution in [3.05, 3.63) is 29.3 Å². The fraction of sp³-hybridized carbons (Fsp3) is 0.357. The molecular weight excluding hydrogens is 242 g/mol. The van der Waals surface area contributed by atoms with E-state index < -0.39 is 0 Å². The standard InChI is InChI=1S/C14H17N3O2/c1-9(2)16-14(19)11-4-5-12(10(3)8-11)17-13(18)6-7-15/h4-5,8-9H,6H2,1-3H3,(H,16,19)(H,17,18). The van der Waals surface area contributed by atoms with Gasteiger partial charge < -0.3 is 10.6 Å². The molecule has 0 bridgehead atoms. The van der Waals surface area contributed by atoms with Crippen molar-refractivity contribution in [1.82, 2.24) is 5.32 Å². The first-order chi connectivity index (χ1) is 8.93. The lowest BCUT2D eigenvalue weighted by molar-refractivity contribution is -0.115. The Hall–Kier alpha value is -2.35. The third-order valence-electron chi connectivity index (χ3n) is 2.42. The number of carbonyl (C=O) groups is 2. The summed E-state index contributed by atoms with van der Waals surface area (Å²) < 4.78 is 0. The zero-order valence-corrected chi connectivity index (χ0v) is 11.3. The summed E-state index contributed by atoms with van der Waals surface area (Å²) in [7, 11) is 0. The number of benzene rings is 1. The first kappa shape index (κ1) is 14.7. The summed E-state index contributed by atoms with van der Waals surface area (Å²) in [6.45, 7) is 5.58. The molecule has 0 fully saturated rings. The summed E-state index contributed by atoms with van der Waals surface area (Å²) in [5, 5.41) is 13.8. The summed E-state index contributed by atoms with van der Waals surface area (Å²) >= 11 is 0. The minimum absolute atomic E-state index is 0.0721. The predicted octanol–water partition coefficient (Wildman–Crippen LogP) is 1.99. The van der Waals surface area contributed by atoms with Crippen LogP contribution in [-0.4, -0.2) is 17.9 Å². The number of hydrogen-bond acceptors (Lipinski definition) is 3. The molecule has 100 valence electrons. The van der Waals surface area contributed by atoms with Gasteiger partial charge in [-0.25, -0.2) is 0 Å². The molecule has 1 rings (SSSR count). The zero-order chi connectivity index (χ0) is 14.4. The van der Waals surface area contributed by atoms with Crippen molar-refractivity contribution >= 4 is 17.5 Å². The highest BCUT2D eigenvalue weighted by atomic mass is 16.2. The number of rotatable bonds is 4. The average Bonchev–Trinajstić information content (AvgIpc) is 2.31. The molecule has 1 aromatic rings. The summed E-state index contributed by atoms with van der Waals surface area (Å²) in [6.07, 6.45) is -0.185. The average molecular weight is 259 g/mol. The van der Waals surface area contributed by atoms with Gasteiger partial charge >= 0.3 is 0 Å². The lowest BCUT2D eigenvalue weighted by Gasteiger charge is -2.11. The first-order valence-corrected chi connectivity index (χ1v) is 6.02. The fourth-order valence-corrected chi connectivity index (χ4v) is 1.56. The molecule has 0 unspecified atom stereocenters. The number of nitrogens with zero attached hydrogens (tertiary/aromatic N) is 1. The highest BCUT2D eigenvalue weighted by Gasteiger charge is 2.10. The minimum Gasteiger partial charge on any atom is -0.350 e. The Labute approximate surface area is 112 Å². The van der Waals surface area contributed by atoms with E-state index in [1.54, 1.807) is 31.2 Å². The molecule has 5 nitrogen and oxygen atoms in total. The number of nitriles is 1. The molecule has 0 aliphatic rings. The third kappa shape index (κ3) is 4.43. The van der Waals surface area contributed by atoms with Crippen LogP contribution in [-0.2, 0) is 4.79 Å². The van der Waals surface area contributed by atoms with Crippen LogP contribution in [0.25, 0.3) is 0 Å². The highest BCUT2D eigenvalue weighted by Crippen LogP contribution is 2.16. The smallest absolute Gasteiger partial charge is 0.251 e. The molecule has 0 heterocycles. The molecule has 1 aromatic carbocycles. The van der Waals surface area contributed by atoms with Gasteiger partial charge in [-0.1, -0.05) is 0 Å². The second-order valence-electron chi connectivity index (χ2n) is 4.54. The molecule has 19 heavy (non-hydrogen) atoms. The molecule has 0 aromatic heterocycles. The van der Waals surface area contributed by atoms with Gasteiger partial charge in [-0.15, -0.1) is 0 Å². The van der Waals surface area contributed by atoms with Crippen LogP contribution in [0.5, 0.6) is 0 Å². The van der Waals surface area contributed by atoms with Gasteiger partial charge in [-0.05, 0) is 44.5 Å². The summed E-state index contributed by atoms with van der Waals surface area (Å²) in [5.41, 5.74) is 1.94. The topological polar surface area (TPSA) is 82.0 Å². The Bertz CT molecular complexity index is 530. The zero-order valence-electron chi connectivity index (χ0n) is 11.3. The quantitative estimate of drug-likeness (QED) is 0.867. The third-order valence-corrected chi connectivity index (χ3v) is 2.42. The SMILES string of the molecule is Cc1cc(C(=O)NC(C)C)ccc1NC(=O)CC#N. The largest absolute Gasteiger partial charge is 0.350 e. The van der Waals surface area contributed by atoms with Crippen molar-refractivity contribution < 1.29 is 9.59 Å². The van der Waals surface area contributed by atoms with Gasteiger partial charge in [-0.3, -0.25) is 9.59 Å². The summed E-state index contributed by atoms with van der Waals surface area (Å²) in [4.78, 5) is 23.1. The van der Waals surface area contributed by atoms with Gasteiger partial charge in [0, 0.05) is 17.3 Å². The first-order valence-electron chi connectivity index (χ1n) is 6.02. The van der Waals surface area contributed by atoms with Crippen LogP contribution >= 0.6 is 0 Å². The fourth-order valence-electron chi connectivity index (χ4n) is 1.56. The lowest BCUT2D eigenvalue weighted by Crippen LogP contribution is -2.30. The van der Waals surface area contributed by atoms with E-state index in [1.165, 1.54) is 0 Å². The van der Waals surface area contributed by atoms with Crippen molar-refractivity contribution in [1.29, 1.82) is 5.26 Å². The Kier molecular flexibility index (Phi) is 5.07. The molecule has 0 aliphatic carbocycles. The van der Waals surface area contributed by atoms with E-state index in [0.29, 0.717) is 11.3 Å². The van der Waals surface area contributed by atoms with Crippen LogP contribution in [0.4, 0.5) is 5.69 Å². The van der Waals surface area contributed by atoms with E-state index in [4.69, 9.17) is 5.26 Å². The molecule has 5 heteroatoms. The van der Waals surface area contributed by atoms with Gasteiger partial charge in [0.2, 0.25) is 5.91 Å². The van der Waals surface area contributed by atoms with Crippen molar-refractivity contribution in [3.8, 4) is 6.07 Å². The minimum atomic E-state index is -0.356. The summed E-state index contributed by atoms with van der Waals surface area (Å²) in [6, 6.07) is 6.87. The van der Waals surface area contributed by atoms with Crippen LogP contribution in [0.15, 0.2) is 18.2 Å². The van der Waals surface area contributed by atoms with Gasteiger partial charge in [0.1, 0.15) is 6.42 Å². The highest BCUT2D eigenvalue weighted by molar-refractivity contribution is 5.97. The Morgan fingerprint density at radius 3 is 2.58 bits per heavy atom. The number of amides is 2. The summed E-state index contributed by atoms with van der Waals surface area (Å²) in [5.74, 6) is -0.502. The van der Waals surface area contributed by atoms with Gasteiger partial charge in [-0.2, -0.15) is 5.26 Å². The molecule has 0 aliphatic heterocycles. The van der Waals surface area contributed by atoms with E-state index in [9.17, 15) is 9.59 Å². The van der Waals surface area contributed by atoms with Gasteiger partial charge in [0.25, 0.3) is 5.91 Å². The maximum absolute atomic E-state index is 11.8. The van der Waals surface area contributed by atoms with Crippen LogP contribution < -0.4 is 10.6 Å². The lowest BCUT2D eigenvalue weighted by atomic mass is 10.1. The molecule has 2 amide bonds. The van der Waals surface area contributed by atoms with Crippen molar-refractivity contribution in [2.75, 3.05) is 5.32 Å². The Morgan fingerprint density at radius 1 is 1.37 bits per heavy atom. The van der Waals surface area contributed by atoms with Crippen molar-refractivity contribution in [2.45, 2.75) is 33.2 Å². The second kappa shape index (κ2) is 6.55. The molecule has 0 saturated heterocycles. The maximum Gasteiger partial charge on any atom is 0.251 e. The van der Waals surface area contributed by atoms with Crippen LogP contribution in [0.2, 0.25) is 0 Å². The molecule has 0 radical (unpaired) electrons. The van der Waals surface area contributed by atoms with Crippen LogP contribution in [0.3, 0.4) is 0 Å². The Balaban J connectivity index is 2.83. The van der Waals surface area contributed by atoms with Gasteiger partial charge in [0.05, 0.1) is 6.07 Å². The van der Waals surface area contributed by atoms with Crippen molar-refractivity contribution in [2.24, 2.45) is 0 Å². The monoisotopic (exact) mass is 259 g/mol. The molecule has 0 atom stereocenters. The maximum atomic E-state index is 11.8. The number of carbonyl (C=O) groups excluding carboxylic acids is 2. The normalized spacial score (nSPS) is 9.84. The second-order valence-corrected chi connectivity index (χ2v) is 4.54. The van der Waals surface area contributed by atoms with Crippen LogP contribution in [0.1, 0.15) is 36.2 Å². The number of hydrogen-bond donors (Lipinski definition) is 2. The van der Waals surface area contributed by atoms with E-state index >= 15 is 0 Å². The van der Waals surface area contributed by atoms with E-state index in [1.807, 2.05) is 13.8 Å². The molecular formula is C14H17N3O2. The molecule has 2 N–H and O–H groups in total. The molecule has 0 spiro atoms. The number of aryl methyl sites for hydroxylation is 1.